The highest BCUT2D eigenvalue weighted by molar-refractivity contribution is 5.84. The molecule has 0 saturated carbocycles. The zero-order chi connectivity index (χ0) is 24.1. The van der Waals surface area contributed by atoms with E-state index in [0.29, 0.717) is 19.4 Å². The zero-order valence-corrected chi connectivity index (χ0v) is 19.5. The van der Waals surface area contributed by atoms with E-state index in [-0.39, 0.29) is 24.9 Å². The van der Waals surface area contributed by atoms with E-state index in [1.165, 1.54) is 4.90 Å². The number of likely N-dealkylation sites (tertiary alicyclic amines) is 1. The van der Waals surface area contributed by atoms with Crippen molar-refractivity contribution in [1.29, 1.82) is 0 Å². The standard InChI is InChI=1S/C27H32N2O5/c1-2-9-18(16-25(30)29-15-8-7-14-24(29)26(31)32)28-27(33)34-17-23-21-12-5-3-10-19(21)20-11-4-6-13-22(20)23/h3-6,10-13,18,23-24H,2,7-9,14-17H2,1H3,(H,28,33)(H,31,32)/t18-,24?/m0/s1. The summed E-state index contributed by atoms with van der Waals surface area (Å²) in [7, 11) is 0. The fraction of sp³-hybridized carbons (Fsp3) is 0.444. The first-order chi connectivity index (χ1) is 16.5. The maximum Gasteiger partial charge on any atom is 0.407 e. The Kier molecular flexibility index (Phi) is 7.50. The van der Waals surface area contributed by atoms with Crippen LogP contribution in [0, 0.1) is 0 Å². The van der Waals surface area contributed by atoms with Crippen LogP contribution in [-0.4, -0.2) is 53.2 Å². The Bertz CT molecular complexity index is 1010. The number of nitrogens with one attached hydrogen (secondary N) is 1. The first-order valence-corrected chi connectivity index (χ1v) is 12.1. The molecule has 2 N–H and O–H groups in total. The number of carbonyl (C=O) groups excluding carboxylic acids is 2. The van der Waals surface area contributed by atoms with E-state index in [0.717, 1.165) is 41.5 Å². The van der Waals surface area contributed by atoms with Crippen LogP contribution in [0.2, 0.25) is 0 Å². The van der Waals surface area contributed by atoms with Crippen LogP contribution in [0.5, 0.6) is 0 Å². The third-order valence-corrected chi connectivity index (χ3v) is 6.83. The van der Waals surface area contributed by atoms with Crippen molar-refractivity contribution in [2.75, 3.05) is 13.2 Å². The minimum absolute atomic E-state index is 0.0333. The first kappa shape index (κ1) is 23.8. The fourth-order valence-electron chi connectivity index (χ4n) is 5.20. The van der Waals surface area contributed by atoms with Gasteiger partial charge in [-0.25, -0.2) is 9.59 Å². The van der Waals surface area contributed by atoms with Crippen LogP contribution in [0.1, 0.15) is 62.5 Å². The SMILES string of the molecule is CCC[C@@H](CC(=O)N1CCCCC1C(=O)O)NC(=O)OCC1c2ccccc2-c2ccccc21. The van der Waals surface area contributed by atoms with Crippen molar-refractivity contribution in [1.82, 2.24) is 10.2 Å². The summed E-state index contributed by atoms with van der Waals surface area (Å²) in [6.07, 6.45) is 2.99. The molecule has 1 fully saturated rings. The summed E-state index contributed by atoms with van der Waals surface area (Å²) in [6.45, 7) is 2.64. The minimum Gasteiger partial charge on any atom is -0.480 e. The highest BCUT2D eigenvalue weighted by Crippen LogP contribution is 2.44. The molecule has 34 heavy (non-hydrogen) atoms. The molecule has 1 aliphatic heterocycles. The Morgan fingerprint density at radius 3 is 2.32 bits per heavy atom. The normalized spacial score (nSPS) is 18.0. The largest absolute Gasteiger partial charge is 0.480 e. The average molecular weight is 465 g/mol. The van der Waals surface area contributed by atoms with Crippen LogP contribution in [0.4, 0.5) is 4.79 Å². The number of aliphatic carboxylic acids is 1. The summed E-state index contributed by atoms with van der Waals surface area (Å²) in [5.74, 6) is -1.23. The van der Waals surface area contributed by atoms with Crippen molar-refractivity contribution in [3.63, 3.8) is 0 Å². The van der Waals surface area contributed by atoms with Gasteiger partial charge in [0.1, 0.15) is 12.6 Å². The molecule has 2 aliphatic rings. The molecule has 7 nitrogen and oxygen atoms in total. The number of carbonyl (C=O) groups is 3. The number of piperidine rings is 1. The second-order valence-electron chi connectivity index (χ2n) is 9.10. The molecule has 1 saturated heterocycles. The molecule has 0 radical (unpaired) electrons. The molecule has 0 aromatic heterocycles. The molecule has 2 aromatic carbocycles. The van der Waals surface area contributed by atoms with Crippen molar-refractivity contribution < 1.29 is 24.2 Å². The second kappa shape index (κ2) is 10.7. The van der Waals surface area contributed by atoms with Gasteiger partial charge in [-0.3, -0.25) is 4.79 Å². The van der Waals surface area contributed by atoms with Gasteiger partial charge >= 0.3 is 12.1 Å². The molecule has 1 unspecified atom stereocenters. The summed E-state index contributed by atoms with van der Waals surface area (Å²) in [5, 5.41) is 12.3. The summed E-state index contributed by atoms with van der Waals surface area (Å²) < 4.78 is 5.63. The number of alkyl carbamates (subject to hydrolysis) is 1. The van der Waals surface area contributed by atoms with Crippen LogP contribution < -0.4 is 5.32 Å². The molecule has 7 heteroatoms. The molecule has 4 rings (SSSR count). The number of carboxylic acid groups (broad SMARTS) is 1. The molecule has 1 aliphatic carbocycles. The lowest BCUT2D eigenvalue weighted by atomic mass is 9.98. The van der Waals surface area contributed by atoms with Gasteiger partial charge in [-0.15, -0.1) is 0 Å². The number of ether oxygens (including phenoxy) is 1. The Balaban J connectivity index is 1.37. The summed E-state index contributed by atoms with van der Waals surface area (Å²) in [5.41, 5.74) is 4.61. The van der Waals surface area contributed by atoms with E-state index in [4.69, 9.17) is 4.74 Å². The summed E-state index contributed by atoms with van der Waals surface area (Å²) >= 11 is 0. The summed E-state index contributed by atoms with van der Waals surface area (Å²) in [4.78, 5) is 38.6. The van der Waals surface area contributed by atoms with Gasteiger partial charge in [0.25, 0.3) is 0 Å². The monoisotopic (exact) mass is 464 g/mol. The van der Waals surface area contributed by atoms with Crippen LogP contribution in [0.3, 0.4) is 0 Å². The van der Waals surface area contributed by atoms with E-state index in [2.05, 4.69) is 29.6 Å². The predicted octanol–water partition coefficient (Wildman–Crippen LogP) is 4.55. The van der Waals surface area contributed by atoms with Crippen molar-refractivity contribution in [2.45, 2.75) is 63.5 Å². The van der Waals surface area contributed by atoms with Crippen molar-refractivity contribution in [3.05, 3.63) is 59.7 Å². The van der Waals surface area contributed by atoms with E-state index in [1.54, 1.807) is 0 Å². The predicted molar refractivity (Wildman–Crippen MR) is 129 cm³/mol. The maximum absolute atomic E-state index is 12.9. The third-order valence-electron chi connectivity index (χ3n) is 6.83. The molecule has 0 spiro atoms. The number of amides is 2. The highest BCUT2D eigenvalue weighted by atomic mass is 16.5. The Labute approximate surface area is 200 Å². The first-order valence-electron chi connectivity index (χ1n) is 12.1. The van der Waals surface area contributed by atoms with Gasteiger partial charge in [-0.05, 0) is 47.9 Å². The average Bonchev–Trinajstić information content (AvgIpc) is 3.16. The fourth-order valence-corrected chi connectivity index (χ4v) is 5.20. The number of hydrogen-bond acceptors (Lipinski definition) is 4. The van der Waals surface area contributed by atoms with Gasteiger partial charge in [0.05, 0.1) is 0 Å². The number of carboxylic acids is 1. The van der Waals surface area contributed by atoms with E-state index in [9.17, 15) is 19.5 Å². The third kappa shape index (κ3) is 5.08. The van der Waals surface area contributed by atoms with Gasteiger partial charge in [0.15, 0.2) is 0 Å². The molecule has 180 valence electrons. The number of hydrogen-bond donors (Lipinski definition) is 2. The van der Waals surface area contributed by atoms with Gasteiger partial charge < -0.3 is 20.1 Å². The number of benzene rings is 2. The zero-order valence-electron chi connectivity index (χ0n) is 19.5. The number of rotatable bonds is 8. The lowest BCUT2D eigenvalue weighted by molar-refractivity contribution is -0.152. The molecular weight excluding hydrogens is 432 g/mol. The van der Waals surface area contributed by atoms with Crippen LogP contribution in [-0.2, 0) is 14.3 Å². The van der Waals surface area contributed by atoms with E-state index in [1.807, 2.05) is 31.2 Å². The van der Waals surface area contributed by atoms with E-state index >= 15 is 0 Å². The van der Waals surface area contributed by atoms with E-state index < -0.39 is 24.1 Å². The Morgan fingerprint density at radius 1 is 1.06 bits per heavy atom. The highest BCUT2D eigenvalue weighted by Gasteiger charge is 2.33. The minimum atomic E-state index is -0.968. The molecule has 2 amide bonds. The quantitative estimate of drug-likeness (QED) is 0.598. The lowest BCUT2D eigenvalue weighted by Crippen LogP contribution is -2.50. The van der Waals surface area contributed by atoms with Crippen LogP contribution >= 0.6 is 0 Å². The van der Waals surface area contributed by atoms with Gasteiger partial charge in [0.2, 0.25) is 5.91 Å². The Morgan fingerprint density at radius 2 is 1.71 bits per heavy atom. The number of nitrogens with zero attached hydrogens (tertiary/aromatic N) is 1. The second-order valence-corrected chi connectivity index (χ2v) is 9.10. The lowest BCUT2D eigenvalue weighted by Gasteiger charge is -2.34. The molecule has 0 bridgehead atoms. The van der Waals surface area contributed by atoms with Crippen molar-refractivity contribution in [3.8, 4) is 11.1 Å². The van der Waals surface area contributed by atoms with Crippen LogP contribution in [0.25, 0.3) is 11.1 Å². The van der Waals surface area contributed by atoms with Crippen molar-refractivity contribution >= 4 is 18.0 Å². The summed E-state index contributed by atoms with van der Waals surface area (Å²) in [6, 6.07) is 15.1. The van der Waals surface area contributed by atoms with Gasteiger partial charge in [-0.2, -0.15) is 0 Å². The van der Waals surface area contributed by atoms with Crippen LogP contribution in [0.15, 0.2) is 48.5 Å². The van der Waals surface area contributed by atoms with Gasteiger partial charge in [-0.1, -0.05) is 61.9 Å². The molecule has 2 atom stereocenters. The topological polar surface area (TPSA) is 95.9 Å². The smallest absolute Gasteiger partial charge is 0.407 e. The van der Waals surface area contributed by atoms with Crippen molar-refractivity contribution in [2.24, 2.45) is 0 Å². The van der Waals surface area contributed by atoms with Gasteiger partial charge in [0, 0.05) is 24.9 Å². The Hall–Kier alpha value is -3.35. The number of fused-ring (bicyclic) bond motifs is 3. The molecule has 2 aromatic rings. The molecule has 1 heterocycles. The maximum atomic E-state index is 12.9. The molecular formula is C27H32N2O5.